The highest BCUT2D eigenvalue weighted by atomic mass is 32.2. The van der Waals surface area contributed by atoms with Crippen molar-refractivity contribution in [1.82, 2.24) is 15.2 Å². The van der Waals surface area contributed by atoms with Gasteiger partial charge >= 0.3 is 0 Å². The predicted molar refractivity (Wildman–Crippen MR) is 109 cm³/mol. The molecule has 0 saturated heterocycles. The summed E-state index contributed by atoms with van der Waals surface area (Å²) < 4.78 is 0. The van der Waals surface area contributed by atoms with E-state index in [-0.39, 0.29) is 17.5 Å². The van der Waals surface area contributed by atoms with Gasteiger partial charge in [0.05, 0.1) is 5.25 Å². The largest absolute Gasteiger partial charge is 0.325 e. The summed E-state index contributed by atoms with van der Waals surface area (Å²) in [6, 6.07) is 11.5. The Morgan fingerprint density at radius 1 is 1.07 bits per heavy atom. The van der Waals surface area contributed by atoms with Gasteiger partial charge in [0.15, 0.2) is 11.6 Å². The van der Waals surface area contributed by atoms with Crippen LogP contribution < -0.4 is 5.32 Å². The highest BCUT2D eigenvalue weighted by Gasteiger charge is 2.29. The second-order valence-corrected chi connectivity index (χ2v) is 7.94. The predicted octanol–water partition coefficient (Wildman–Crippen LogP) is 3.26. The van der Waals surface area contributed by atoms with Crippen molar-refractivity contribution in [3.05, 3.63) is 70.5 Å². The second-order valence-electron chi connectivity index (χ2n) is 6.63. The number of rotatable bonds is 5. The van der Waals surface area contributed by atoms with Gasteiger partial charge in [-0.2, -0.15) is 0 Å². The van der Waals surface area contributed by atoms with E-state index in [2.05, 4.69) is 20.5 Å². The van der Waals surface area contributed by atoms with Crippen molar-refractivity contribution >= 4 is 34.9 Å². The van der Waals surface area contributed by atoms with Gasteiger partial charge in [0.25, 0.3) is 0 Å². The Morgan fingerprint density at radius 2 is 1.72 bits per heavy atom. The van der Waals surface area contributed by atoms with Crippen LogP contribution in [0.1, 0.15) is 51.5 Å². The van der Waals surface area contributed by atoms with Crippen LogP contribution in [0.15, 0.2) is 47.6 Å². The molecule has 0 spiro atoms. The Labute approximate surface area is 171 Å². The highest BCUT2D eigenvalue weighted by Crippen LogP contribution is 2.29. The Morgan fingerprint density at radius 3 is 2.38 bits per heavy atom. The molecule has 1 unspecified atom stereocenters. The summed E-state index contributed by atoms with van der Waals surface area (Å²) in [5.74, 6) is 0.112. The van der Waals surface area contributed by atoms with Crippen molar-refractivity contribution in [2.24, 2.45) is 0 Å². The third kappa shape index (κ3) is 3.58. The lowest BCUT2D eigenvalue weighted by Crippen LogP contribution is -2.24. The van der Waals surface area contributed by atoms with Gasteiger partial charge in [-0.1, -0.05) is 43.0 Å². The lowest BCUT2D eigenvalue weighted by Gasteiger charge is -2.18. The van der Waals surface area contributed by atoms with E-state index in [9.17, 15) is 14.4 Å². The topological polar surface area (TPSA) is 105 Å². The van der Waals surface area contributed by atoms with E-state index in [1.807, 2.05) is 6.92 Å². The molecule has 29 heavy (non-hydrogen) atoms. The first-order valence-corrected chi connectivity index (χ1v) is 10.1. The number of nitrogens with zero attached hydrogens (tertiary/aromatic N) is 2. The number of ketones is 2. The van der Waals surface area contributed by atoms with Crippen LogP contribution in [-0.2, 0) is 11.2 Å². The first kappa shape index (κ1) is 19.1. The minimum absolute atomic E-state index is 0.187. The Bertz CT molecular complexity index is 1140. The summed E-state index contributed by atoms with van der Waals surface area (Å²) in [6.45, 7) is 3.72. The van der Waals surface area contributed by atoms with Crippen molar-refractivity contribution in [3.8, 4) is 0 Å². The number of aryl methyl sites for hydroxylation is 1. The van der Waals surface area contributed by atoms with Crippen LogP contribution in [-0.4, -0.2) is 37.9 Å². The highest BCUT2D eigenvalue weighted by molar-refractivity contribution is 8.00. The molecule has 1 aromatic heterocycles. The smallest absolute Gasteiger partial charge is 0.237 e. The number of amides is 1. The van der Waals surface area contributed by atoms with E-state index in [1.54, 1.807) is 49.4 Å². The van der Waals surface area contributed by atoms with Crippen LogP contribution in [0.2, 0.25) is 0 Å². The first-order valence-electron chi connectivity index (χ1n) is 9.19. The second kappa shape index (κ2) is 7.63. The molecular formula is C21H18N4O3S. The quantitative estimate of drug-likeness (QED) is 0.493. The fourth-order valence-corrected chi connectivity index (χ4v) is 3.86. The number of anilines is 1. The van der Waals surface area contributed by atoms with Gasteiger partial charge in [0, 0.05) is 34.4 Å². The summed E-state index contributed by atoms with van der Waals surface area (Å²) in [7, 11) is 0. The van der Waals surface area contributed by atoms with Gasteiger partial charge in [0.2, 0.25) is 11.1 Å². The molecule has 3 aromatic rings. The van der Waals surface area contributed by atoms with E-state index in [4.69, 9.17) is 0 Å². The molecular weight excluding hydrogens is 388 g/mol. The lowest BCUT2D eigenvalue weighted by molar-refractivity contribution is -0.115. The maximum absolute atomic E-state index is 12.8. The van der Waals surface area contributed by atoms with Crippen LogP contribution in [0.5, 0.6) is 0 Å². The molecule has 0 aliphatic heterocycles. The Kier molecular flexibility index (Phi) is 5.02. The van der Waals surface area contributed by atoms with Gasteiger partial charge in [-0.05, 0) is 25.1 Å². The number of carbonyl (C=O) groups excluding carboxylic acids is 3. The van der Waals surface area contributed by atoms with Gasteiger partial charge in [-0.25, -0.2) is 4.98 Å². The van der Waals surface area contributed by atoms with Crippen molar-refractivity contribution in [2.45, 2.75) is 30.7 Å². The van der Waals surface area contributed by atoms with Gasteiger partial charge in [-0.3, -0.25) is 19.5 Å². The van der Waals surface area contributed by atoms with E-state index < -0.39 is 5.25 Å². The molecule has 2 aromatic carbocycles. The summed E-state index contributed by atoms with van der Waals surface area (Å²) >= 11 is 1.24. The van der Waals surface area contributed by atoms with Crippen LogP contribution in [0.25, 0.3) is 0 Å². The number of fused-ring (bicyclic) bond motifs is 2. The third-order valence-electron chi connectivity index (χ3n) is 4.69. The zero-order valence-corrected chi connectivity index (χ0v) is 16.7. The number of carbonyl (C=O) groups is 3. The molecule has 1 atom stereocenters. The maximum atomic E-state index is 12.8. The van der Waals surface area contributed by atoms with Crippen molar-refractivity contribution in [1.29, 1.82) is 0 Å². The van der Waals surface area contributed by atoms with E-state index in [1.165, 1.54) is 11.8 Å². The molecule has 0 saturated carbocycles. The van der Waals surface area contributed by atoms with E-state index in [0.717, 1.165) is 12.2 Å². The number of thioether (sulfide) groups is 1. The van der Waals surface area contributed by atoms with Gasteiger partial charge in [0.1, 0.15) is 5.82 Å². The molecule has 1 aliphatic carbocycles. The summed E-state index contributed by atoms with van der Waals surface area (Å²) in [6.07, 6.45) is 0.735. The number of hydrogen-bond acceptors (Lipinski definition) is 6. The first-order chi connectivity index (χ1) is 14.0. The third-order valence-corrected chi connectivity index (χ3v) is 5.65. The molecule has 7 nitrogen and oxygen atoms in total. The SMILES string of the molecule is CCc1nc(SC(C)C(=O)Nc2ccc3c(c2)C(=O)c2ccccc2C3=O)n[nH]1. The summed E-state index contributed by atoms with van der Waals surface area (Å²) in [5.41, 5.74) is 1.90. The van der Waals surface area contributed by atoms with Gasteiger partial charge < -0.3 is 5.32 Å². The molecule has 1 aliphatic rings. The molecule has 146 valence electrons. The number of benzene rings is 2. The van der Waals surface area contributed by atoms with E-state index in [0.29, 0.717) is 33.1 Å². The molecule has 4 rings (SSSR count). The number of H-pyrrole nitrogens is 1. The van der Waals surface area contributed by atoms with Crippen molar-refractivity contribution in [2.75, 3.05) is 5.32 Å². The number of hydrogen-bond donors (Lipinski definition) is 2. The van der Waals surface area contributed by atoms with Gasteiger partial charge in [-0.15, -0.1) is 5.10 Å². The van der Waals surface area contributed by atoms with Crippen molar-refractivity contribution in [3.63, 3.8) is 0 Å². The zero-order chi connectivity index (χ0) is 20.5. The average Bonchev–Trinajstić information content (AvgIpc) is 3.19. The number of aromatic amines is 1. The van der Waals surface area contributed by atoms with E-state index >= 15 is 0 Å². The van der Waals surface area contributed by atoms with Crippen LogP contribution >= 0.6 is 11.8 Å². The molecule has 8 heteroatoms. The normalized spacial score (nSPS) is 13.6. The monoisotopic (exact) mass is 406 g/mol. The molecule has 2 N–H and O–H groups in total. The molecule has 0 fully saturated rings. The maximum Gasteiger partial charge on any atom is 0.237 e. The summed E-state index contributed by atoms with van der Waals surface area (Å²) in [4.78, 5) is 42.3. The van der Waals surface area contributed by atoms with Crippen LogP contribution in [0.4, 0.5) is 5.69 Å². The fraction of sp³-hybridized carbons (Fsp3) is 0.190. The standard InChI is InChI=1S/C21H18N4O3S/c1-3-17-23-21(25-24-17)29-11(2)20(28)22-12-8-9-15-16(10-12)19(27)14-7-5-4-6-13(14)18(15)26/h4-11H,3H2,1-2H3,(H,22,28)(H,23,24,25). The fourth-order valence-electron chi connectivity index (χ4n) is 3.12. The number of aromatic nitrogens is 3. The average molecular weight is 406 g/mol. The van der Waals surface area contributed by atoms with Crippen LogP contribution in [0, 0.1) is 0 Å². The molecule has 0 bridgehead atoms. The Balaban J connectivity index is 1.52. The summed E-state index contributed by atoms with van der Waals surface area (Å²) in [5, 5.41) is 9.77. The molecule has 1 amide bonds. The van der Waals surface area contributed by atoms with Crippen LogP contribution in [0.3, 0.4) is 0 Å². The minimum Gasteiger partial charge on any atom is -0.325 e. The lowest BCUT2D eigenvalue weighted by atomic mass is 9.84. The zero-order valence-electron chi connectivity index (χ0n) is 15.9. The molecule has 0 radical (unpaired) electrons. The number of nitrogens with one attached hydrogen (secondary N) is 2. The Hall–Kier alpha value is -3.26. The minimum atomic E-state index is -0.440. The molecule has 1 heterocycles. The van der Waals surface area contributed by atoms with Crippen molar-refractivity contribution < 1.29 is 14.4 Å².